The first-order valence-electron chi connectivity index (χ1n) is 10.8. The number of ether oxygens (including phenoxy) is 1. The summed E-state index contributed by atoms with van der Waals surface area (Å²) in [4.78, 5) is 7.31. The summed E-state index contributed by atoms with van der Waals surface area (Å²) >= 11 is 1.64. The third kappa shape index (κ3) is 3.14. The maximum absolute atomic E-state index is 5.86. The van der Waals surface area contributed by atoms with Crippen LogP contribution in [0.3, 0.4) is 0 Å². The van der Waals surface area contributed by atoms with E-state index in [1.165, 1.54) is 24.0 Å². The van der Waals surface area contributed by atoms with E-state index >= 15 is 0 Å². The molecule has 1 unspecified atom stereocenters. The molecule has 2 aliphatic heterocycles. The molecule has 0 radical (unpaired) electrons. The molecule has 2 aromatic heterocycles. The quantitative estimate of drug-likeness (QED) is 0.610. The standard InChI is InChI=1S/C24H25N3O2S/c1-2-6-21-19(5-1)20(23-25-22(26-29-23)17-7-13-30-16-17)14-24(21)8-10-27(11-9-24)15-18-4-3-12-28-18/h1-2,5-7,13-14,16,18H,3-4,8-12,15H2. The highest BCUT2D eigenvalue weighted by Gasteiger charge is 2.42. The molecule has 3 aromatic rings. The average Bonchev–Trinajstić information content (AvgIpc) is 3.58. The van der Waals surface area contributed by atoms with Crippen molar-refractivity contribution in [2.24, 2.45) is 0 Å². The second kappa shape index (κ2) is 7.45. The number of fused-ring (bicyclic) bond motifs is 2. The van der Waals surface area contributed by atoms with Crippen LogP contribution in [-0.2, 0) is 10.2 Å². The first-order chi connectivity index (χ1) is 14.8. The molecule has 0 N–H and O–H groups in total. The Balaban J connectivity index is 1.28. The molecule has 3 aliphatic rings. The Labute approximate surface area is 180 Å². The van der Waals surface area contributed by atoms with Crippen molar-refractivity contribution in [1.82, 2.24) is 15.0 Å². The fourth-order valence-electron chi connectivity index (χ4n) is 5.23. The minimum Gasteiger partial charge on any atom is -0.377 e. The highest BCUT2D eigenvalue weighted by atomic mass is 32.1. The van der Waals surface area contributed by atoms with Gasteiger partial charge in [0.05, 0.1) is 6.10 Å². The third-order valence-electron chi connectivity index (χ3n) is 6.84. The molecule has 154 valence electrons. The lowest BCUT2D eigenvalue weighted by Gasteiger charge is -2.40. The summed E-state index contributed by atoms with van der Waals surface area (Å²) in [6.07, 6.45) is 7.48. The smallest absolute Gasteiger partial charge is 0.258 e. The van der Waals surface area contributed by atoms with Gasteiger partial charge in [-0.3, -0.25) is 0 Å². The molecule has 6 heteroatoms. The van der Waals surface area contributed by atoms with Gasteiger partial charge in [-0.1, -0.05) is 35.5 Å². The zero-order chi connectivity index (χ0) is 20.0. The molecular formula is C24H25N3O2S. The number of likely N-dealkylation sites (tertiary alicyclic amines) is 1. The summed E-state index contributed by atoms with van der Waals surface area (Å²) in [6.45, 7) is 4.20. The van der Waals surface area contributed by atoms with E-state index in [-0.39, 0.29) is 5.41 Å². The van der Waals surface area contributed by atoms with Gasteiger partial charge in [0.1, 0.15) is 0 Å². The van der Waals surface area contributed by atoms with Crippen LogP contribution in [-0.4, -0.2) is 47.4 Å². The van der Waals surface area contributed by atoms with E-state index in [0.29, 0.717) is 17.8 Å². The lowest BCUT2D eigenvalue weighted by molar-refractivity contribution is 0.0597. The van der Waals surface area contributed by atoms with E-state index in [2.05, 4.69) is 45.8 Å². The minimum absolute atomic E-state index is 0.0655. The van der Waals surface area contributed by atoms with E-state index in [4.69, 9.17) is 14.2 Å². The SMILES string of the molecule is C1=C(c2nc(-c3ccsc3)no2)c2ccccc2C12CCN(CC1CCCO1)CC2. The molecule has 0 amide bonds. The van der Waals surface area contributed by atoms with Crippen LogP contribution in [0.5, 0.6) is 0 Å². The van der Waals surface area contributed by atoms with Crippen molar-refractivity contribution in [2.75, 3.05) is 26.2 Å². The molecule has 2 fully saturated rings. The fraction of sp³-hybridized carbons (Fsp3) is 0.417. The maximum Gasteiger partial charge on any atom is 0.258 e. The second-order valence-corrected chi connectivity index (χ2v) is 9.41. The normalized spacial score (nSPS) is 23.1. The van der Waals surface area contributed by atoms with Gasteiger partial charge in [-0.05, 0) is 61.3 Å². The number of allylic oxidation sites excluding steroid dienone is 1. The number of benzene rings is 1. The van der Waals surface area contributed by atoms with Gasteiger partial charge in [-0.2, -0.15) is 16.3 Å². The van der Waals surface area contributed by atoms with E-state index in [1.807, 2.05) is 11.4 Å². The van der Waals surface area contributed by atoms with Gasteiger partial charge < -0.3 is 14.2 Å². The van der Waals surface area contributed by atoms with Crippen molar-refractivity contribution >= 4 is 16.9 Å². The summed E-state index contributed by atoms with van der Waals surface area (Å²) in [5.41, 5.74) is 4.82. The van der Waals surface area contributed by atoms with Gasteiger partial charge in [0.15, 0.2) is 0 Å². The van der Waals surface area contributed by atoms with Gasteiger partial charge in [0.2, 0.25) is 5.82 Å². The van der Waals surface area contributed by atoms with Crippen LogP contribution >= 0.6 is 11.3 Å². The number of hydrogen-bond donors (Lipinski definition) is 0. The molecule has 6 rings (SSSR count). The van der Waals surface area contributed by atoms with Crippen molar-refractivity contribution in [1.29, 1.82) is 0 Å². The summed E-state index contributed by atoms with van der Waals surface area (Å²) in [6, 6.07) is 10.8. The number of hydrogen-bond acceptors (Lipinski definition) is 6. The highest BCUT2D eigenvalue weighted by Crippen LogP contribution is 2.48. The predicted octanol–water partition coefficient (Wildman–Crippen LogP) is 4.76. The topological polar surface area (TPSA) is 51.4 Å². The van der Waals surface area contributed by atoms with Crippen molar-refractivity contribution < 1.29 is 9.26 Å². The molecule has 4 heterocycles. The molecule has 0 bridgehead atoms. The van der Waals surface area contributed by atoms with Crippen LogP contribution in [0.4, 0.5) is 0 Å². The molecule has 1 aliphatic carbocycles. The van der Waals surface area contributed by atoms with Gasteiger partial charge in [-0.15, -0.1) is 0 Å². The van der Waals surface area contributed by atoms with E-state index < -0.39 is 0 Å². The zero-order valence-electron chi connectivity index (χ0n) is 16.9. The van der Waals surface area contributed by atoms with Crippen LogP contribution < -0.4 is 0 Å². The van der Waals surface area contributed by atoms with Gasteiger partial charge in [-0.25, -0.2) is 0 Å². The minimum atomic E-state index is 0.0655. The first kappa shape index (κ1) is 18.5. The predicted molar refractivity (Wildman–Crippen MR) is 117 cm³/mol. The number of thiophene rings is 1. The van der Waals surface area contributed by atoms with Crippen LogP contribution in [0.25, 0.3) is 17.0 Å². The summed E-state index contributed by atoms with van der Waals surface area (Å²) in [5.74, 6) is 1.29. The molecule has 0 saturated carbocycles. The number of aromatic nitrogens is 2. The van der Waals surface area contributed by atoms with Gasteiger partial charge in [0.25, 0.3) is 5.89 Å². The lowest BCUT2D eigenvalue weighted by atomic mass is 9.74. The number of piperidine rings is 1. The Morgan fingerprint density at radius 1 is 1.17 bits per heavy atom. The molecule has 1 spiro atoms. The Morgan fingerprint density at radius 3 is 2.87 bits per heavy atom. The zero-order valence-corrected chi connectivity index (χ0v) is 17.7. The Kier molecular flexibility index (Phi) is 4.59. The van der Waals surface area contributed by atoms with Gasteiger partial charge >= 0.3 is 0 Å². The third-order valence-corrected chi connectivity index (χ3v) is 7.53. The lowest BCUT2D eigenvalue weighted by Crippen LogP contribution is -2.43. The summed E-state index contributed by atoms with van der Waals surface area (Å²) < 4.78 is 11.6. The first-order valence-corrected chi connectivity index (χ1v) is 11.8. The Hall–Kier alpha value is -2.28. The van der Waals surface area contributed by atoms with Crippen LogP contribution in [0.15, 0.2) is 51.7 Å². The van der Waals surface area contributed by atoms with Crippen molar-refractivity contribution in [3.8, 4) is 11.4 Å². The molecule has 30 heavy (non-hydrogen) atoms. The Bertz CT molecular complexity index is 1060. The largest absolute Gasteiger partial charge is 0.377 e. The second-order valence-electron chi connectivity index (χ2n) is 8.63. The summed E-state index contributed by atoms with van der Waals surface area (Å²) in [7, 11) is 0. The summed E-state index contributed by atoms with van der Waals surface area (Å²) in [5, 5.41) is 8.33. The van der Waals surface area contributed by atoms with E-state index in [1.54, 1.807) is 11.3 Å². The van der Waals surface area contributed by atoms with Crippen LogP contribution in [0.2, 0.25) is 0 Å². The van der Waals surface area contributed by atoms with E-state index in [0.717, 1.165) is 50.2 Å². The van der Waals surface area contributed by atoms with Gasteiger partial charge in [0, 0.05) is 35.1 Å². The van der Waals surface area contributed by atoms with Crippen molar-refractivity contribution in [2.45, 2.75) is 37.2 Å². The number of rotatable bonds is 4. The highest BCUT2D eigenvalue weighted by molar-refractivity contribution is 7.08. The van der Waals surface area contributed by atoms with E-state index in [9.17, 15) is 0 Å². The van der Waals surface area contributed by atoms with Crippen LogP contribution in [0, 0.1) is 0 Å². The monoisotopic (exact) mass is 419 g/mol. The maximum atomic E-state index is 5.86. The molecule has 1 atom stereocenters. The number of nitrogens with zero attached hydrogens (tertiary/aromatic N) is 3. The molecule has 1 aromatic carbocycles. The van der Waals surface area contributed by atoms with Crippen molar-refractivity contribution in [3.63, 3.8) is 0 Å². The molecular weight excluding hydrogens is 394 g/mol. The average molecular weight is 420 g/mol. The molecule has 2 saturated heterocycles. The molecule has 5 nitrogen and oxygen atoms in total. The Morgan fingerprint density at radius 2 is 2.07 bits per heavy atom. The fourth-order valence-corrected chi connectivity index (χ4v) is 5.86. The van der Waals surface area contributed by atoms with Crippen molar-refractivity contribution in [3.05, 3.63) is 64.2 Å². The van der Waals surface area contributed by atoms with Crippen LogP contribution in [0.1, 0.15) is 42.7 Å².